The number of rotatable bonds is 35. The third-order valence-electron chi connectivity index (χ3n) is 9.59. The first kappa shape index (κ1) is 53.6. The normalized spacial score (nSPS) is 20.9. The fourth-order valence-corrected chi connectivity index (χ4v) is 6.11. The summed E-state index contributed by atoms with van der Waals surface area (Å²) in [4.78, 5) is 25.3. The molecular weight excluding hydrogens is 749 g/mol. The molecule has 10 heteroatoms. The van der Waals surface area contributed by atoms with E-state index in [9.17, 15) is 30.0 Å². The van der Waals surface area contributed by atoms with Crippen LogP contribution in [0.3, 0.4) is 0 Å². The molecule has 1 aliphatic rings. The van der Waals surface area contributed by atoms with Gasteiger partial charge in [0.25, 0.3) is 0 Å². The zero-order valence-electron chi connectivity index (χ0n) is 36.2. The van der Waals surface area contributed by atoms with Gasteiger partial charge in [0.2, 0.25) is 0 Å². The van der Waals surface area contributed by atoms with Gasteiger partial charge < -0.3 is 39.4 Å². The predicted molar refractivity (Wildman–Crippen MR) is 237 cm³/mol. The van der Waals surface area contributed by atoms with E-state index in [1.165, 1.54) is 44.9 Å². The van der Waals surface area contributed by atoms with Crippen molar-refractivity contribution in [3.05, 3.63) is 97.2 Å². The Bertz CT molecular complexity index is 1280. The van der Waals surface area contributed by atoms with Crippen LogP contribution in [0.15, 0.2) is 97.2 Å². The maximum Gasteiger partial charge on any atom is 0.306 e. The minimum atomic E-state index is -1.61. The van der Waals surface area contributed by atoms with Crippen LogP contribution in [-0.4, -0.2) is 89.0 Å². The number of unbranched alkanes of at least 4 members (excludes halogenated alkanes) is 12. The van der Waals surface area contributed by atoms with Crippen LogP contribution in [0.2, 0.25) is 0 Å². The molecule has 1 rings (SSSR count). The molecule has 0 bridgehead atoms. The minimum Gasteiger partial charge on any atom is -0.462 e. The molecule has 6 atom stereocenters. The van der Waals surface area contributed by atoms with Crippen LogP contribution in [0.25, 0.3) is 0 Å². The maximum atomic E-state index is 12.7. The van der Waals surface area contributed by atoms with Crippen molar-refractivity contribution in [3.63, 3.8) is 0 Å². The van der Waals surface area contributed by atoms with Gasteiger partial charge in [-0.2, -0.15) is 0 Å². The van der Waals surface area contributed by atoms with Gasteiger partial charge in [-0.3, -0.25) is 9.59 Å². The Hall–Kier alpha value is -3.38. The van der Waals surface area contributed by atoms with Gasteiger partial charge in [-0.05, 0) is 57.8 Å². The molecule has 59 heavy (non-hydrogen) atoms. The maximum absolute atomic E-state index is 12.7. The molecule has 10 nitrogen and oxygen atoms in total. The van der Waals surface area contributed by atoms with Gasteiger partial charge in [0.15, 0.2) is 12.4 Å². The smallest absolute Gasteiger partial charge is 0.306 e. The summed E-state index contributed by atoms with van der Waals surface area (Å²) >= 11 is 0. The van der Waals surface area contributed by atoms with Gasteiger partial charge in [-0.15, -0.1) is 0 Å². The Morgan fingerprint density at radius 2 is 1.05 bits per heavy atom. The largest absolute Gasteiger partial charge is 0.462 e. The first-order valence-electron chi connectivity index (χ1n) is 22.4. The van der Waals surface area contributed by atoms with Crippen LogP contribution in [0.4, 0.5) is 0 Å². The van der Waals surface area contributed by atoms with Gasteiger partial charge in [0.05, 0.1) is 13.2 Å². The Morgan fingerprint density at radius 1 is 0.542 bits per heavy atom. The molecule has 4 N–H and O–H groups in total. The van der Waals surface area contributed by atoms with Crippen molar-refractivity contribution in [2.45, 2.75) is 179 Å². The Labute approximate surface area is 356 Å². The lowest BCUT2D eigenvalue weighted by atomic mass is 9.99. The van der Waals surface area contributed by atoms with Gasteiger partial charge in [-0.25, -0.2) is 0 Å². The standard InChI is InChI=1S/C49H78O10/c1-3-5-7-9-11-13-15-17-18-19-20-21-22-23-24-26-27-29-31-33-35-37-44(51)56-40-42(41-57-49-48(55)47(54)46(53)43(39-50)59-49)58-45(52)38-36-34-32-30-28-25-16-14-12-10-8-6-4-2/h5-8,10-14,16-18,25,28,30,32,42-43,46-50,53-55H,3-4,9,15,19-24,26-27,29,31,33-41H2,1-2H3/b7-5+,8-6+,12-10+,13-11+,16-14+,18-17+,28-25+,32-30+/t42?,43-,46+,47?,48?,49-/m0/s1. The molecule has 0 aromatic carbocycles. The summed E-state index contributed by atoms with van der Waals surface area (Å²) in [6.45, 7) is 3.07. The van der Waals surface area contributed by atoms with Crippen LogP contribution in [0, 0.1) is 0 Å². The first-order valence-corrected chi connectivity index (χ1v) is 22.4. The summed E-state index contributed by atoms with van der Waals surface area (Å²) in [6, 6.07) is 0. The van der Waals surface area contributed by atoms with Crippen molar-refractivity contribution in [2.75, 3.05) is 19.8 Å². The van der Waals surface area contributed by atoms with Crippen LogP contribution in [-0.2, 0) is 28.5 Å². The van der Waals surface area contributed by atoms with Crippen molar-refractivity contribution in [1.82, 2.24) is 0 Å². The summed E-state index contributed by atoms with van der Waals surface area (Å²) in [6.07, 6.45) is 44.3. The molecule has 0 spiro atoms. The van der Waals surface area contributed by atoms with E-state index >= 15 is 0 Å². The molecule has 1 fully saturated rings. The molecule has 0 aliphatic carbocycles. The number of aliphatic hydroxyl groups excluding tert-OH is 4. The van der Waals surface area contributed by atoms with Crippen molar-refractivity contribution in [3.8, 4) is 0 Å². The van der Waals surface area contributed by atoms with E-state index in [-0.39, 0.29) is 26.1 Å². The average Bonchev–Trinajstić information content (AvgIpc) is 3.23. The number of carbonyl (C=O) groups is 2. The van der Waals surface area contributed by atoms with Crippen LogP contribution < -0.4 is 0 Å². The molecule has 0 aromatic heterocycles. The lowest BCUT2D eigenvalue weighted by Crippen LogP contribution is -2.59. The second kappa shape index (κ2) is 38.8. The molecule has 334 valence electrons. The van der Waals surface area contributed by atoms with Crippen LogP contribution in [0.1, 0.15) is 142 Å². The van der Waals surface area contributed by atoms with Crippen molar-refractivity contribution < 1.29 is 49.0 Å². The number of carbonyl (C=O) groups excluding carboxylic acids is 2. The molecule has 0 saturated carbocycles. The fraction of sp³-hybridized carbons (Fsp3) is 0.633. The number of allylic oxidation sites excluding steroid dienone is 16. The van der Waals surface area contributed by atoms with Crippen LogP contribution >= 0.6 is 0 Å². The number of hydrogen-bond donors (Lipinski definition) is 4. The highest BCUT2D eigenvalue weighted by Crippen LogP contribution is 2.22. The fourth-order valence-electron chi connectivity index (χ4n) is 6.11. The molecule has 0 amide bonds. The lowest BCUT2D eigenvalue weighted by molar-refractivity contribution is -0.305. The quantitative estimate of drug-likeness (QED) is 0.0210. The topological polar surface area (TPSA) is 152 Å². The zero-order valence-corrected chi connectivity index (χ0v) is 36.2. The number of ether oxygens (including phenoxy) is 4. The van der Waals surface area contributed by atoms with E-state index in [1.807, 2.05) is 54.7 Å². The lowest BCUT2D eigenvalue weighted by Gasteiger charge is -2.39. The summed E-state index contributed by atoms with van der Waals surface area (Å²) in [7, 11) is 0. The molecule has 0 aromatic rings. The number of aliphatic hydroxyl groups is 4. The SMILES string of the molecule is CC/C=C/C=C/C=C/C=C/C=C/CCCC(=O)OC(COC(=O)CCCCCCCCCCCCC/C=C/C/C=C/C/C=C/CC)CO[C@H]1O[C@@H](CO)[C@@H](O)C(O)C1O. The van der Waals surface area contributed by atoms with Crippen LogP contribution in [0.5, 0.6) is 0 Å². The Morgan fingerprint density at radius 3 is 1.66 bits per heavy atom. The third kappa shape index (κ3) is 30.3. The first-order chi connectivity index (χ1) is 28.8. The van der Waals surface area contributed by atoms with Gasteiger partial charge in [0, 0.05) is 12.8 Å². The van der Waals surface area contributed by atoms with E-state index in [2.05, 4.69) is 56.4 Å². The summed E-state index contributed by atoms with van der Waals surface area (Å²) in [5.41, 5.74) is 0. The molecule has 1 saturated heterocycles. The van der Waals surface area contributed by atoms with Crippen molar-refractivity contribution in [2.24, 2.45) is 0 Å². The molecule has 1 heterocycles. The van der Waals surface area contributed by atoms with Crippen molar-refractivity contribution >= 4 is 11.9 Å². The second-order valence-corrected chi connectivity index (χ2v) is 14.9. The highest BCUT2D eigenvalue weighted by Gasteiger charge is 2.44. The van der Waals surface area contributed by atoms with E-state index in [1.54, 1.807) is 0 Å². The van der Waals surface area contributed by atoms with Crippen molar-refractivity contribution in [1.29, 1.82) is 0 Å². The monoisotopic (exact) mass is 827 g/mol. The predicted octanol–water partition coefficient (Wildman–Crippen LogP) is 9.55. The van der Waals surface area contributed by atoms with E-state index < -0.39 is 55.4 Å². The summed E-state index contributed by atoms with van der Waals surface area (Å²) < 4.78 is 22.1. The number of esters is 2. The summed E-state index contributed by atoms with van der Waals surface area (Å²) in [5.74, 6) is -0.906. The molecular formula is C49H78O10. The molecule has 1 aliphatic heterocycles. The second-order valence-electron chi connectivity index (χ2n) is 14.9. The van der Waals surface area contributed by atoms with Gasteiger partial charge in [-0.1, -0.05) is 169 Å². The van der Waals surface area contributed by atoms with E-state index in [0.717, 1.165) is 51.4 Å². The minimum absolute atomic E-state index is 0.128. The Balaban J connectivity index is 2.33. The van der Waals surface area contributed by atoms with E-state index in [4.69, 9.17) is 18.9 Å². The van der Waals surface area contributed by atoms with E-state index in [0.29, 0.717) is 19.3 Å². The highest BCUT2D eigenvalue weighted by atomic mass is 16.7. The third-order valence-corrected chi connectivity index (χ3v) is 9.59. The average molecular weight is 827 g/mol. The highest BCUT2D eigenvalue weighted by molar-refractivity contribution is 5.70. The zero-order chi connectivity index (χ0) is 43.0. The Kier molecular flexibility index (Phi) is 35.3. The number of hydrogen-bond acceptors (Lipinski definition) is 10. The van der Waals surface area contributed by atoms with Gasteiger partial charge >= 0.3 is 11.9 Å². The molecule has 0 radical (unpaired) electrons. The summed E-state index contributed by atoms with van der Waals surface area (Å²) in [5, 5.41) is 40.0. The molecule has 3 unspecified atom stereocenters. The van der Waals surface area contributed by atoms with Gasteiger partial charge in [0.1, 0.15) is 31.0 Å².